The average Bonchev–Trinajstić information content (AvgIpc) is 3.13. The first-order chi connectivity index (χ1) is 13.6. The summed E-state index contributed by atoms with van der Waals surface area (Å²) >= 11 is 0. The highest BCUT2D eigenvalue weighted by Crippen LogP contribution is 2.30. The summed E-state index contributed by atoms with van der Waals surface area (Å²) in [5.74, 6) is 0. The highest BCUT2D eigenvalue weighted by Gasteiger charge is 2.16. The monoisotopic (exact) mass is 370 g/mol. The second-order valence-corrected chi connectivity index (χ2v) is 6.46. The molecule has 0 saturated heterocycles. The first-order valence-corrected chi connectivity index (χ1v) is 8.61. The normalized spacial score (nSPS) is 11.3. The van der Waals surface area contributed by atoms with Gasteiger partial charge in [0.25, 0.3) is 5.56 Å². The zero-order chi connectivity index (χ0) is 19.3. The summed E-state index contributed by atoms with van der Waals surface area (Å²) in [5, 5.41) is 5.84. The molecule has 0 radical (unpaired) electrons. The van der Waals surface area contributed by atoms with Crippen LogP contribution in [0.3, 0.4) is 0 Å². The number of hydrogen-bond donors (Lipinski definition) is 2. The van der Waals surface area contributed by atoms with Crippen LogP contribution >= 0.6 is 0 Å². The second kappa shape index (κ2) is 5.98. The van der Waals surface area contributed by atoms with Crippen LogP contribution in [0.5, 0.6) is 0 Å². The van der Waals surface area contributed by atoms with Crippen LogP contribution in [0.1, 0.15) is 0 Å². The fourth-order valence-electron chi connectivity index (χ4n) is 3.23. The molecule has 136 valence electrons. The molecular formula is C20H14N6O2. The number of hydrogen-bond acceptors (Lipinski definition) is 5. The largest absolute Gasteiger partial charge is 0.329 e. The molecular weight excluding hydrogens is 356 g/mol. The molecule has 0 aliphatic carbocycles. The molecule has 28 heavy (non-hydrogen) atoms. The van der Waals surface area contributed by atoms with E-state index in [1.165, 1.54) is 6.07 Å². The van der Waals surface area contributed by atoms with E-state index in [0.29, 0.717) is 33.6 Å². The standard InChI is InChI=1S/C20H14N6O2/c1-26-9-7-14(25-26)18-17(22-15-4-5-16(27)23-19(15)24-18)12-2-3-13-11(10-12)6-8-21-20(13)28/h2-10H,1H3,(H,21,28)(H,23,24,27). The van der Waals surface area contributed by atoms with Crippen molar-refractivity contribution in [3.8, 4) is 22.6 Å². The van der Waals surface area contributed by atoms with Crippen LogP contribution in [0, 0.1) is 0 Å². The van der Waals surface area contributed by atoms with Gasteiger partial charge in [-0.15, -0.1) is 0 Å². The lowest BCUT2D eigenvalue weighted by Crippen LogP contribution is -2.07. The van der Waals surface area contributed by atoms with E-state index in [1.54, 1.807) is 23.0 Å². The molecule has 0 unspecified atom stereocenters. The molecule has 5 aromatic rings. The Labute approximate surface area is 157 Å². The number of aryl methyl sites for hydroxylation is 1. The zero-order valence-electron chi connectivity index (χ0n) is 14.8. The molecule has 0 aliphatic heterocycles. The molecule has 8 nitrogen and oxygen atoms in total. The van der Waals surface area contributed by atoms with Crippen molar-refractivity contribution in [3.05, 3.63) is 75.6 Å². The minimum absolute atomic E-state index is 0.142. The summed E-state index contributed by atoms with van der Waals surface area (Å²) in [6, 6.07) is 12.2. The minimum Gasteiger partial charge on any atom is -0.329 e. The zero-order valence-corrected chi connectivity index (χ0v) is 14.8. The number of nitrogens with zero attached hydrogens (tertiary/aromatic N) is 4. The van der Waals surface area contributed by atoms with Crippen molar-refractivity contribution in [1.29, 1.82) is 0 Å². The van der Waals surface area contributed by atoms with Gasteiger partial charge in [-0.3, -0.25) is 14.3 Å². The van der Waals surface area contributed by atoms with Crippen molar-refractivity contribution in [1.82, 2.24) is 29.7 Å². The number of benzene rings is 1. The molecule has 0 aliphatic rings. The summed E-state index contributed by atoms with van der Waals surface area (Å²) in [6.45, 7) is 0. The quantitative estimate of drug-likeness (QED) is 0.495. The molecule has 4 aromatic heterocycles. The van der Waals surface area contributed by atoms with Crippen molar-refractivity contribution >= 4 is 21.9 Å². The highest BCUT2D eigenvalue weighted by molar-refractivity contribution is 5.90. The Morgan fingerprint density at radius 3 is 2.68 bits per heavy atom. The Balaban J connectivity index is 1.83. The summed E-state index contributed by atoms with van der Waals surface area (Å²) in [6.07, 6.45) is 3.43. The van der Waals surface area contributed by atoms with Gasteiger partial charge >= 0.3 is 0 Å². The van der Waals surface area contributed by atoms with Gasteiger partial charge in [0.15, 0.2) is 5.65 Å². The minimum atomic E-state index is -0.244. The first-order valence-electron chi connectivity index (χ1n) is 8.61. The maximum Gasteiger partial charge on any atom is 0.255 e. The van der Waals surface area contributed by atoms with Gasteiger partial charge in [-0.05, 0) is 35.7 Å². The summed E-state index contributed by atoms with van der Waals surface area (Å²) in [7, 11) is 1.82. The molecule has 8 heteroatoms. The predicted molar refractivity (Wildman–Crippen MR) is 106 cm³/mol. The molecule has 5 rings (SSSR count). The van der Waals surface area contributed by atoms with Crippen LogP contribution in [0.2, 0.25) is 0 Å². The van der Waals surface area contributed by atoms with E-state index >= 15 is 0 Å². The van der Waals surface area contributed by atoms with Crippen molar-refractivity contribution in [2.75, 3.05) is 0 Å². The van der Waals surface area contributed by atoms with E-state index in [1.807, 2.05) is 37.5 Å². The maximum atomic E-state index is 12.0. The van der Waals surface area contributed by atoms with Crippen LogP contribution in [-0.4, -0.2) is 29.7 Å². The van der Waals surface area contributed by atoms with Gasteiger partial charge < -0.3 is 9.97 Å². The van der Waals surface area contributed by atoms with Gasteiger partial charge in [-0.1, -0.05) is 6.07 Å². The third kappa shape index (κ3) is 2.59. The Bertz CT molecular complexity index is 1480. The van der Waals surface area contributed by atoms with Crippen LogP contribution in [-0.2, 0) is 7.05 Å². The number of H-pyrrole nitrogens is 2. The Morgan fingerprint density at radius 2 is 1.86 bits per heavy atom. The number of pyridine rings is 2. The van der Waals surface area contributed by atoms with Crippen molar-refractivity contribution in [2.24, 2.45) is 7.05 Å². The lowest BCUT2D eigenvalue weighted by molar-refractivity contribution is 0.770. The number of aromatic amines is 2. The van der Waals surface area contributed by atoms with E-state index in [0.717, 1.165) is 10.9 Å². The summed E-state index contributed by atoms with van der Waals surface area (Å²) in [4.78, 5) is 38.4. The van der Waals surface area contributed by atoms with E-state index in [4.69, 9.17) is 4.98 Å². The molecule has 0 saturated carbocycles. The van der Waals surface area contributed by atoms with Gasteiger partial charge in [-0.25, -0.2) is 9.97 Å². The van der Waals surface area contributed by atoms with E-state index in [-0.39, 0.29) is 11.1 Å². The molecule has 0 bridgehead atoms. The van der Waals surface area contributed by atoms with Crippen LogP contribution in [0.25, 0.3) is 44.6 Å². The Kier molecular flexibility index (Phi) is 3.45. The molecule has 0 atom stereocenters. The van der Waals surface area contributed by atoms with Gasteiger partial charge in [0.05, 0.1) is 5.69 Å². The van der Waals surface area contributed by atoms with Gasteiger partial charge in [0.1, 0.15) is 16.9 Å². The highest BCUT2D eigenvalue weighted by atomic mass is 16.1. The molecule has 2 N–H and O–H groups in total. The fraction of sp³-hybridized carbons (Fsp3) is 0.0500. The molecule has 0 spiro atoms. The molecule has 0 amide bonds. The van der Waals surface area contributed by atoms with Crippen molar-refractivity contribution < 1.29 is 0 Å². The van der Waals surface area contributed by atoms with E-state index in [9.17, 15) is 9.59 Å². The van der Waals surface area contributed by atoms with Crippen molar-refractivity contribution in [2.45, 2.75) is 0 Å². The number of nitrogens with one attached hydrogen (secondary N) is 2. The smallest absolute Gasteiger partial charge is 0.255 e. The van der Waals surface area contributed by atoms with Crippen LogP contribution in [0.15, 0.2) is 64.4 Å². The number of fused-ring (bicyclic) bond motifs is 2. The average molecular weight is 370 g/mol. The first kappa shape index (κ1) is 16.1. The lowest BCUT2D eigenvalue weighted by atomic mass is 10.0. The summed E-state index contributed by atoms with van der Waals surface area (Å²) in [5.41, 5.74) is 3.21. The third-order valence-electron chi connectivity index (χ3n) is 4.56. The van der Waals surface area contributed by atoms with Gasteiger partial charge in [-0.2, -0.15) is 5.10 Å². The van der Waals surface area contributed by atoms with Gasteiger partial charge in [0.2, 0.25) is 5.56 Å². The number of aromatic nitrogens is 6. The topological polar surface area (TPSA) is 109 Å². The summed E-state index contributed by atoms with van der Waals surface area (Å²) < 4.78 is 1.68. The molecule has 0 fully saturated rings. The van der Waals surface area contributed by atoms with Crippen molar-refractivity contribution in [3.63, 3.8) is 0 Å². The number of rotatable bonds is 2. The molecule has 1 aromatic carbocycles. The SMILES string of the molecule is Cn1ccc(-c2nc3[nH]c(=O)ccc3nc2-c2ccc3c(=O)[nH]ccc3c2)n1. The predicted octanol–water partition coefficient (Wildman–Crippen LogP) is 2.23. The van der Waals surface area contributed by atoms with E-state index in [2.05, 4.69) is 20.1 Å². The second-order valence-electron chi connectivity index (χ2n) is 6.46. The molecule has 4 heterocycles. The Hall–Kier alpha value is -4.07. The fourth-order valence-corrected chi connectivity index (χ4v) is 3.23. The van der Waals surface area contributed by atoms with Crippen LogP contribution in [0.4, 0.5) is 0 Å². The van der Waals surface area contributed by atoms with Crippen LogP contribution < -0.4 is 11.1 Å². The third-order valence-corrected chi connectivity index (χ3v) is 4.56. The Morgan fingerprint density at radius 1 is 0.964 bits per heavy atom. The maximum absolute atomic E-state index is 12.0. The van der Waals surface area contributed by atoms with Gasteiger partial charge in [0, 0.05) is 36.5 Å². The van der Waals surface area contributed by atoms with E-state index < -0.39 is 0 Å². The lowest BCUT2D eigenvalue weighted by Gasteiger charge is -2.09.